The molecule has 1 aliphatic rings. The van der Waals surface area contributed by atoms with Crippen molar-refractivity contribution in [1.29, 1.82) is 0 Å². The molecule has 4 nitrogen and oxygen atoms in total. The van der Waals surface area contributed by atoms with Crippen LogP contribution in [-0.2, 0) is 16.9 Å². The number of amides is 1. The first kappa shape index (κ1) is 17.5. The van der Waals surface area contributed by atoms with Crippen LogP contribution in [0.3, 0.4) is 0 Å². The highest BCUT2D eigenvalue weighted by atomic mass is 16.5. The van der Waals surface area contributed by atoms with Gasteiger partial charge in [-0.2, -0.15) is 0 Å². The molecular formula is C21H25NO3. The van der Waals surface area contributed by atoms with Crippen LogP contribution in [0.1, 0.15) is 43.7 Å². The van der Waals surface area contributed by atoms with Gasteiger partial charge in [0.2, 0.25) is 5.91 Å². The van der Waals surface area contributed by atoms with E-state index in [1.54, 1.807) is 6.92 Å². The largest absolute Gasteiger partial charge is 0.490 e. The minimum absolute atomic E-state index is 0.0165. The molecule has 2 aromatic carbocycles. The molecule has 0 aromatic heterocycles. The predicted molar refractivity (Wildman–Crippen MR) is 97.2 cm³/mol. The van der Waals surface area contributed by atoms with Crippen LogP contribution >= 0.6 is 0 Å². The zero-order valence-electron chi connectivity index (χ0n) is 14.6. The molecule has 0 spiro atoms. The SMILES string of the molecule is CC(O)(CC(=O)NCc1ccccc1OC1CCC1)c1ccccc1. The smallest absolute Gasteiger partial charge is 0.223 e. The number of nitrogens with one attached hydrogen (secondary N) is 1. The summed E-state index contributed by atoms with van der Waals surface area (Å²) in [5.41, 5.74) is 0.508. The number of ether oxygens (including phenoxy) is 1. The first-order valence-electron chi connectivity index (χ1n) is 8.84. The fourth-order valence-corrected chi connectivity index (χ4v) is 2.90. The van der Waals surface area contributed by atoms with Crippen LogP contribution in [0.2, 0.25) is 0 Å². The van der Waals surface area contributed by atoms with Crippen molar-refractivity contribution in [2.45, 2.75) is 50.9 Å². The summed E-state index contributed by atoms with van der Waals surface area (Å²) >= 11 is 0. The van der Waals surface area contributed by atoms with Crippen LogP contribution in [0, 0.1) is 0 Å². The maximum Gasteiger partial charge on any atom is 0.223 e. The molecule has 2 aromatic rings. The van der Waals surface area contributed by atoms with Crippen molar-refractivity contribution < 1.29 is 14.6 Å². The van der Waals surface area contributed by atoms with Gasteiger partial charge in [-0.3, -0.25) is 4.79 Å². The lowest BCUT2D eigenvalue weighted by Gasteiger charge is -2.27. The monoisotopic (exact) mass is 339 g/mol. The van der Waals surface area contributed by atoms with Gasteiger partial charge >= 0.3 is 0 Å². The van der Waals surface area contributed by atoms with Crippen LogP contribution in [0.4, 0.5) is 0 Å². The van der Waals surface area contributed by atoms with Gasteiger partial charge in [0.1, 0.15) is 5.75 Å². The van der Waals surface area contributed by atoms with Gasteiger partial charge in [0.05, 0.1) is 18.1 Å². The second-order valence-electron chi connectivity index (χ2n) is 6.87. The van der Waals surface area contributed by atoms with Gasteiger partial charge < -0.3 is 15.2 Å². The van der Waals surface area contributed by atoms with E-state index in [9.17, 15) is 9.90 Å². The third kappa shape index (κ3) is 4.60. The van der Waals surface area contributed by atoms with Gasteiger partial charge in [-0.25, -0.2) is 0 Å². The van der Waals surface area contributed by atoms with E-state index in [0.717, 1.165) is 29.7 Å². The van der Waals surface area contributed by atoms with E-state index in [1.807, 2.05) is 54.6 Å². The van der Waals surface area contributed by atoms with Crippen molar-refractivity contribution in [3.63, 3.8) is 0 Å². The van der Waals surface area contributed by atoms with Gasteiger partial charge in [-0.05, 0) is 37.8 Å². The fourth-order valence-electron chi connectivity index (χ4n) is 2.90. The van der Waals surface area contributed by atoms with Crippen molar-refractivity contribution >= 4 is 5.91 Å². The van der Waals surface area contributed by atoms with Gasteiger partial charge in [0, 0.05) is 12.1 Å². The molecule has 0 bridgehead atoms. The van der Waals surface area contributed by atoms with Crippen molar-refractivity contribution in [3.05, 3.63) is 65.7 Å². The first-order valence-corrected chi connectivity index (χ1v) is 8.84. The summed E-state index contributed by atoms with van der Waals surface area (Å²) in [5.74, 6) is 0.648. The zero-order valence-corrected chi connectivity index (χ0v) is 14.6. The molecule has 1 fully saturated rings. The maximum absolute atomic E-state index is 12.3. The van der Waals surface area contributed by atoms with E-state index in [0.29, 0.717) is 12.6 Å². The number of carbonyl (C=O) groups excluding carboxylic acids is 1. The average Bonchev–Trinajstić information content (AvgIpc) is 2.57. The summed E-state index contributed by atoms with van der Waals surface area (Å²) in [4.78, 5) is 12.3. The Hall–Kier alpha value is -2.33. The molecule has 1 atom stereocenters. The Balaban J connectivity index is 1.57. The summed E-state index contributed by atoms with van der Waals surface area (Å²) in [6.45, 7) is 2.06. The lowest BCUT2D eigenvalue weighted by atomic mass is 9.92. The first-order chi connectivity index (χ1) is 12.0. The molecule has 0 radical (unpaired) electrons. The summed E-state index contributed by atoms with van der Waals surface area (Å²) in [5, 5.41) is 13.5. The second kappa shape index (κ2) is 7.70. The highest BCUT2D eigenvalue weighted by Gasteiger charge is 2.26. The molecule has 1 unspecified atom stereocenters. The van der Waals surface area contributed by atoms with E-state index in [1.165, 1.54) is 6.42 Å². The Labute approximate surface area is 148 Å². The van der Waals surface area contributed by atoms with Crippen molar-refractivity contribution in [3.8, 4) is 5.75 Å². The topological polar surface area (TPSA) is 58.6 Å². The summed E-state index contributed by atoms with van der Waals surface area (Å²) in [7, 11) is 0. The van der Waals surface area contributed by atoms with Crippen molar-refractivity contribution in [2.75, 3.05) is 0 Å². The molecule has 0 saturated heterocycles. The highest BCUT2D eigenvalue weighted by molar-refractivity contribution is 5.77. The van der Waals surface area contributed by atoms with Crippen LogP contribution in [-0.4, -0.2) is 17.1 Å². The number of para-hydroxylation sites is 1. The van der Waals surface area contributed by atoms with E-state index < -0.39 is 5.60 Å². The van der Waals surface area contributed by atoms with Gasteiger partial charge in [0.15, 0.2) is 0 Å². The minimum Gasteiger partial charge on any atom is -0.490 e. The average molecular weight is 339 g/mol. The number of carbonyl (C=O) groups is 1. The second-order valence-corrected chi connectivity index (χ2v) is 6.87. The molecule has 25 heavy (non-hydrogen) atoms. The third-order valence-corrected chi connectivity index (χ3v) is 4.69. The Morgan fingerprint density at radius 2 is 1.84 bits per heavy atom. The van der Waals surface area contributed by atoms with Crippen LogP contribution < -0.4 is 10.1 Å². The molecule has 0 aliphatic heterocycles. The minimum atomic E-state index is -1.19. The molecule has 4 heteroatoms. The van der Waals surface area contributed by atoms with Crippen molar-refractivity contribution in [1.82, 2.24) is 5.32 Å². The Kier molecular flexibility index (Phi) is 5.39. The van der Waals surface area contributed by atoms with E-state index >= 15 is 0 Å². The quantitative estimate of drug-likeness (QED) is 0.811. The van der Waals surface area contributed by atoms with Gasteiger partial charge in [-0.1, -0.05) is 48.5 Å². The normalized spacial score (nSPS) is 16.6. The molecule has 1 saturated carbocycles. The summed E-state index contributed by atoms with van der Waals surface area (Å²) < 4.78 is 5.98. The van der Waals surface area contributed by atoms with E-state index in [4.69, 9.17) is 4.74 Å². The molecule has 2 N–H and O–H groups in total. The Bertz CT molecular complexity index is 708. The number of rotatable bonds is 7. The molecule has 1 aliphatic carbocycles. The molecule has 3 rings (SSSR count). The predicted octanol–water partition coefficient (Wildman–Crippen LogP) is 3.53. The summed E-state index contributed by atoms with van der Waals surface area (Å²) in [6, 6.07) is 17.0. The lowest BCUT2D eigenvalue weighted by Crippen LogP contribution is -2.32. The van der Waals surface area contributed by atoms with Crippen LogP contribution in [0.25, 0.3) is 0 Å². The number of hydrogen-bond acceptors (Lipinski definition) is 3. The fraction of sp³-hybridized carbons (Fsp3) is 0.381. The Morgan fingerprint density at radius 3 is 2.52 bits per heavy atom. The van der Waals surface area contributed by atoms with Crippen molar-refractivity contribution in [2.24, 2.45) is 0 Å². The molecule has 132 valence electrons. The van der Waals surface area contributed by atoms with Crippen LogP contribution in [0.15, 0.2) is 54.6 Å². The Morgan fingerprint density at radius 1 is 1.16 bits per heavy atom. The molecule has 1 amide bonds. The number of hydrogen-bond donors (Lipinski definition) is 2. The highest BCUT2D eigenvalue weighted by Crippen LogP contribution is 2.28. The maximum atomic E-state index is 12.3. The van der Waals surface area contributed by atoms with Crippen LogP contribution in [0.5, 0.6) is 5.75 Å². The number of aliphatic hydroxyl groups is 1. The summed E-state index contributed by atoms with van der Waals surface area (Å²) in [6.07, 6.45) is 3.73. The van der Waals surface area contributed by atoms with Gasteiger partial charge in [0.25, 0.3) is 0 Å². The molecular weight excluding hydrogens is 314 g/mol. The standard InChI is InChI=1S/C21H25NO3/c1-21(24,17-9-3-2-4-10-17)14-20(23)22-15-16-8-5-6-13-19(16)25-18-11-7-12-18/h2-6,8-10,13,18,24H,7,11-12,14-15H2,1H3,(H,22,23). The van der Waals surface area contributed by atoms with E-state index in [-0.39, 0.29) is 12.3 Å². The zero-order chi connectivity index (χ0) is 17.7. The lowest BCUT2D eigenvalue weighted by molar-refractivity contribution is -0.126. The number of benzene rings is 2. The van der Waals surface area contributed by atoms with Gasteiger partial charge in [-0.15, -0.1) is 0 Å². The third-order valence-electron chi connectivity index (χ3n) is 4.69. The molecule has 0 heterocycles. The van der Waals surface area contributed by atoms with E-state index in [2.05, 4.69) is 5.32 Å².